The van der Waals surface area contributed by atoms with Crippen molar-refractivity contribution in [3.63, 3.8) is 0 Å². The van der Waals surface area contributed by atoms with Crippen LogP contribution in [0.15, 0.2) is 12.3 Å². The van der Waals surface area contributed by atoms with Gasteiger partial charge in [-0.15, -0.1) is 0 Å². The van der Waals surface area contributed by atoms with Crippen LogP contribution in [0.5, 0.6) is 0 Å². The molecule has 1 aromatic rings. The van der Waals surface area contributed by atoms with Crippen LogP contribution in [0.2, 0.25) is 0 Å². The van der Waals surface area contributed by atoms with Gasteiger partial charge in [-0.2, -0.15) is 0 Å². The largest absolute Gasteiger partial charge is 0.357 e. The van der Waals surface area contributed by atoms with Crippen molar-refractivity contribution < 1.29 is 4.39 Å². The number of nitrogens with two attached hydrogens (primary N) is 1. The molecule has 0 fully saturated rings. The number of hydrogen-bond acceptors (Lipinski definition) is 3. The van der Waals surface area contributed by atoms with Crippen LogP contribution in [0.25, 0.3) is 0 Å². The molecular weight excluding hydrogens is 193 g/mol. The van der Waals surface area contributed by atoms with Crippen LogP contribution in [0.4, 0.5) is 10.2 Å². The van der Waals surface area contributed by atoms with Gasteiger partial charge in [0.1, 0.15) is 11.6 Å². The molecule has 1 heterocycles. The summed E-state index contributed by atoms with van der Waals surface area (Å²) in [4.78, 5) is 6.22. The molecule has 2 N–H and O–H groups in total. The lowest BCUT2D eigenvalue weighted by Crippen LogP contribution is -2.26. The molecule has 0 unspecified atom stereocenters. The van der Waals surface area contributed by atoms with E-state index in [0.717, 1.165) is 30.9 Å². The van der Waals surface area contributed by atoms with Crippen molar-refractivity contribution in [3.05, 3.63) is 23.6 Å². The molecule has 0 aliphatic carbocycles. The summed E-state index contributed by atoms with van der Waals surface area (Å²) >= 11 is 0. The Bertz CT molecular complexity index is 315. The number of aromatic nitrogens is 1. The van der Waals surface area contributed by atoms with Gasteiger partial charge >= 0.3 is 0 Å². The maximum atomic E-state index is 13.0. The molecule has 3 nitrogen and oxygen atoms in total. The van der Waals surface area contributed by atoms with E-state index in [0.29, 0.717) is 6.54 Å². The molecule has 0 saturated heterocycles. The smallest absolute Gasteiger partial charge is 0.141 e. The van der Waals surface area contributed by atoms with Crippen LogP contribution in [0.3, 0.4) is 0 Å². The average Bonchev–Trinajstić information content (AvgIpc) is 2.26. The SMILES string of the molecule is CCCN(CC)c1ncc(F)cc1CN. The van der Waals surface area contributed by atoms with Crippen molar-refractivity contribution in [3.8, 4) is 0 Å². The van der Waals surface area contributed by atoms with E-state index in [1.807, 2.05) is 0 Å². The summed E-state index contributed by atoms with van der Waals surface area (Å²) in [5.74, 6) is 0.481. The van der Waals surface area contributed by atoms with Crippen LogP contribution in [0.1, 0.15) is 25.8 Å². The maximum Gasteiger partial charge on any atom is 0.141 e. The van der Waals surface area contributed by atoms with Gasteiger partial charge in [0, 0.05) is 25.2 Å². The van der Waals surface area contributed by atoms with E-state index in [-0.39, 0.29) is 5.82 Å². The summed E-state index contributed by atoms with van der Waals surface area (Å²) in [6.45, 7) is 6.26. The van der Waals surface area contributed by atoms with Gasteiger partial charge in [-0.05, 0) is 19.4 Å². The predicted octanol–water partition coefficient (Wildman–Crippen LogP) is 1.92. The van der Waals surface area contributed by atoms with Crippen LogP contribution >= 0.6 is 0 Å². The first-order valence-corrected chi connectivity index (χ1v) is 5.32. The highest BCUT2D eigenvalue weighted by Gasteiger charge is 2.10. The Labute approximate surface area is 90.1 Å². The van der Waals surface area contributed by atoms with Crippen LogP contribution in [-0.4, -0.2) is 18.1 Å². The maximum absolute atomic E-state index is 13.0. The molecule has 84 valence electrons. The highest BCUT2D eigenvalue weighted by atomic mass is 19.1. The van der Waals surface area contributed by atoms with Crippen molar-refractivity contribution in [2.24, 2.45) is 5.73 Å². The third-order valence-corrected chi connectivity index (χ3v) is 2.30. The molecule has 0 atom stereocenters. The molecule has 0 amide bonds. The van der Waals surface area contributed by atoms with E-state index in [2.05, 4.69) is 23.7 Å². The zero-order valence-electron chi connectivity index (χ0n) is 9.33. The average molecular weight is 211 g/mol. The first kappa shape index (κ1) is 11.9. The van der Waals surface area contributed by atoms with Crippen molar-refractivity contribution in [1.29, 1.82) is 0 Å². The molecule has 4 heteroatoms. The predicted molar refractivity (Wildman–Crippen MR) is 60.3 cm³/mol. The molecule has 0 aliphatic rings. The first-order valence-electron chi connectivity index (χ1n) is 5.32. The Kier molecular flexibility index (Phi) is 4.49. The van der Waals surface area contributed by atoms with Crippen molar-refractivity contribution >= 4 is 5.82 Å². The topological polar surface area (TPSA) is 42.2 Å². The highest BCUT2D eigenvalue weighted by molar-refractivity contribution is 5.46. The second-order valence-electron chi connectivity index (χ2n) is 3.42. The van der Waals surface area contributed by atoms with E-state index in [1.54, 1.807) is 0 Å². The zero-order chi connectivity index (χ0) is 11.3. The quantitative estimate of drug-likeness (QED) is 0.809. The molecule has 0 radical (unpaired) electrons. The van der Waals surface area contributed by atoms with Crippen LogP contribution in [-0.2, 0) is 6.54 Å². The highest BCUT2D eigenvalue weighted by Crippen LogP contribution is 2.18. The molecule has 0 aliphatic heterocycles. The lowest BCUT2D eigenvalue weighted by Gasteiger charge is -2.23. The summed E-state index contributed by atoms with van der Waals surface area (Å²) in [5, 5.41) is 0. The first-order chi connectivity index (χ1) is 7.22. The monoisotopic (exact) mass is 211 g/mol. The number of rotatable bonds is 5. The van der Waals surface area contributed by atoms with Gasteiger partial charge in [-0.25, -0.2) is 9.37 Å². The van der Waals surface area contributed by atoms with Gasteiger partial charge in [0.2, 0.25) is 0 Å². The van der Waals surface area contributed by atoms with E-state index in [9.17, 15) is 4.39 Å². The van der Waals surface area contributed by atoms with Crippen molar-refractivity contribution in [1.82, 2.24) is 4.98 Å². The van der Waals surface area contributed by atoms with Gasteiger partial charge in [0.25, 0.3) is 0 Å². The Morgan fingerprint density at radius 1 is 1.47 bits per heavy atom. The van der Waals surface area contributed by atoms with Crippen LogP contribution in [0, 0.1) is 5.82 Å². The Balaban J connectivity index is 2.99. The Morgan fingerprint density at radius 3 is 2.73 bits per heavy atom. The van der Waals surface area contributed by atoms with Crippen LogP contribution < -0.4 is 10.6 Å². The lowest BCUT2D eigenvalue weighted by molar-refractivity contribution is 0.616. The summed E-state index contributed by atoms with van der Waals surface area (Å²) in [5.41, 5.74) is 6.34. The minimum Gasteiger partial charge on any atom is -0.357 e. The Morgan fingerprint density at radius 2 is 2.20 bits per heavy atom. The van der Waals surface area contributed by atoms with Crippen molar-refractivity contribution in [2.75, 3.05) is 18.0 Å². The lowest BCUT2D eigenvalue weighted by atomic mass is 10.2. The molecule has 1 aromatic heterocycles. The molecule has 15 heavy (non-hydrogen) atoms. The molecule has 0 spiro atoms. The summed E-state index contributed by atoms with van der Waals surface area (Å²) in [6.07, 6.45) is 2.28. The third kappa shape index (κ3) is 2.89. The number of anilines is 1. The summed E-state index contributed by atoms with van der Waals surface area (Å²) in [7, 11) is 0. The summed E-state index contributed by atoms with van der Waals surface area (Å²) < 4.78 is 13.0. The summed E-state index contributed by atoms with van der Waals surface area (Å²) in [6, 6.07) is 1.46. The Hall–Kier alpha value is -1.16. The second-order valence-corrected chi connectivity index (χ2v) is 3.42. The van der Waals surface area contributed by atoms with Gasteiger partial charge in [0.05, 0.1) is 6.20 Å². The fraction of sp³-hybridized carbons (Fsp3) is 0.545. The fourth-order valence-electron chi connectivity index (χ4n) is 1.59. The fourth-order valence-corrected chi connectivity index (χ4v) is 1.59. The second kappa shape index (κ2) is 5.66. The normalized spacial score (nSPS) is 10.4. The number of halogens is 1. The minimum absolute atomic E-state index is 0.320. The molecular formula is C11H18FN3. The standard InChI is InChI=1S/C11H18FN3/c1-3-5-15(4-2)11-9(7-13)6-10(12)8-14-11/h6,8H,3-5,7,13H2,1-2H3. The molecule has 0 bridgehead atoms. The number of nitrogens with zero attached hydrogens (tertiary/aromatic N) is 2. The van der Waals surface area contributed by atoms with Gasteiger partial charge in [0.15, 0.2) is 0 Å². The van der Waals surface area contributed by atoms with E-state index < -0.39 is 0 Å². The zero-order valence-corrected chi connectivity index (χ0v) is 9.33. The van der Waals surface area contributed by atoms with Gasteiger partial charge in [-0.1, -0.05) is 6.92 Å². The minimum atomic E-state index is -0.327. The van der Waals surface area contributed by atoms with E-state index in [4.69, 9.17) is 5.73 Å². The molecule has 1 rings (SSSR count). The number of pyridine rings is 1. The van der Waals surface area contributed by atoms with Gasteiger partial charge in [-0.3, -0.25) is 0 Å². The van der Waals surface area contributed by atoms with E-state index >= 15 is 0 Å². The van der Waals surface area contributed by atoms with Crippen molar-refractivity contribution in [2.45, 2.75) is 26.8 Å². The van der Waals surface area contributed by atoms with E-state index in [1.165, 1.54) is 12.3 Å². The molecule has 0 saturated carbocycles. The number of hydrogen-bond donors (Lipinski definition) is 1. The third-order valence-electron chi connectivity index (χ3n) is 2.30. The van der Waals surface area contributed by atoms with Gasteiger partial charge < -0.3 is 10.6 Å². The molecule has 0 aromatic carbocycles.